The van der Waals surface area contributed by atoms with Crippen molar-refractivity contribution in [2.24, 2.45) is 4.99 Å². The zero-order valence-electron chi connectivity index (χ0n) is 13.0. The van der Waals surface area contributed by atoms with Crippen LogP contribution in [0.3, 0.4) is 0 Å². The fourth-order valence-electron chi connectivity index (χ4n) is 2.70. The Morgan fingerprint density at radius 2 is 2.14 bits per heavy atom. The molecule has 0 aromatic heterocycles. The molecule has 1 fully saturated rings. The Kier molecular flexibility index (Phi) is 6.18. The minimum Gasteiger partial charge on any atom is -0.357 e. The molecule has 120 valence electrons. The van der Waals surface area contributed by atoms with Crippen molar-refractivity contribution in [1.82, 2.24) is 10.6 Å². The van der Waals surface area contributed by atoms with Gasteiger partial charge >= 0.3 is 0 Å². The van der Waals surface area contributed by atoms with E-state index in [9.17, 15) is 10.1 Å². The summed E-state index contributed by atoms with van der Waals surface area (Å²) in [5, 5.41) is 17.5. The number of nitrogens with zero attached hydrogens (tertiary/aromatic N) is 2. The number of rotatable bonds is 5. The molecule has 2 N–H and O–H groups in total. The molecule has 0 amide bonds. The summed E-state index contributed by atoms with van der Waals surface area (Å²) in [6, 6.07) is 7.12. The molecule has 0 bridgehead atoms. The van der Waals surface area contributed by atoms with Crippen LogP contribution >= 0.6 is 0 Å². The minimum atomic E-state index is -0.376. The van der Waals surface area contributed by atoms with Gasteiger partial charge < -0.3 is 10.6 Å². The lowest BCUT2D eigenvalue weighted by atomic mass is 9.96. The zero-order chi connectivity index (χ0) is 15.8. The molecule has 0 radical (unpaired) electrons. The second-order valence-electron chi connectivity index (χ2n) is 5.60. The Bertz CT molecular complexity index is 525. The minimum absolute atomic E-state index is 0.109. The van der Waals surface area contributed by atoms with Crippen LogP contribution in [0.5, 0.6) is 0 Å². The number of guanidine groups is 1. The Hall–Kier alpha value is -2.11. The van der Waals surface area contributed by atoms with Crippen LogP contribution in [0.2, 0.25) is 0 Å². The van der Waals surface area contributed by atoms with Crippen LogP contribution in [0.25, 0.3) is 0 Å². The van der Waals surface area contributed by atoms with E-state index in [4.69, 9.17) is 0 Å². The average molecular weight is 304 g/mol. The van der Waals surface area contributed by atoms with E-state index in [1.165, 1.54) is 38.2 Å². The molecule has 0 aliphatic heterocycles. The zero-order valence-corrected chi connectivity index (χ0v) is 13.0. The van der Waals surface area contributed by atoms with E-state index in [-0.39, 0.29) is 10.6 Å². The first-order chi connectivity index (χ1) is 10.7. The van der Waals surface area contributed by atoms with Gasteiger partial charge in [0, 0.05) is 24.7 Å². The van der Waals surface area contributed by atoms with Crippen LogP contribution in [-0.4, -0.2) is 23.5 Å². The van der Waals surface area contributed by atoms with Crippen LogP contribution in [0.1, 0.15) is 44.6 Å². The lowest BCUT2D eigenvalue weighted by Gasteiger charge is -2.24. The summed E-state index contributed by atoms with van der Waals surface area (Å²) in [5.41, 5.74) is 0.952. The van der Waals surface area contributed by atoms with Crippen LogP contribution in [-0.2, 0) is 6.54 Å². The normalized spacial score (nSPS) is 16.3. The Labute approximate surface area is 131 Å². The van der Waals surface area contributed by atoms with Gasteiger partial charge in [0.05, 0.1) is 11.5 Å². The molecule has 1 aromatic carbocycles. The fourth-order valence-corrected chi connectivity index (χ4v) is 2.70. The predicted octanol–water partition coefficient (Wildman–Crippen LogP) is 2.98. The van der Waals surface area contributed by atoms with Crippen molar-refractivity contribution in [3.8, 4) is 0 Å². The van der Waals surface area contributed by atoms with Crippen LogP contribution in [0.15, 0.2) is 29.3 Å². The van der Waals surface area contributed by atoms with Gasteiger partial charge in [-0.1, -0.05) is 31.4 Å². The lowest BCUT2D eigenvalue weighted by Crippen LogP contribution is -2.44. The van der Waals surface area contributed by atoms with E-state index in [1.807, 2.05) is 13.0 Å². The monoisotopic (exact) mass is 304 g/mol. The highest BCUT2D eigenvalue weighted by atomic mass is 16.6. The maximum absolute atomic E-state index is 10.8. The molecule has 6 nitrogen and oxygen atoms in total. The third-order valence-corrected chi connectivity index (χ3v) is 3.83. The number of nitro benzene ring substituents is 1. The molecule has 1 aliphatic rings. The lowest BCUT2D eigenvalue weighted by molar-refractivity contribution is -0.384. The predicted molar refractivity (Wildman–Crippen MR) is 87.9 cm³/mol. The summed E-state index contributed by atoms with van der Waals surface area (Å²) in [6.45, 7) is 3.27. The summed E-state index contributed by atoms with van der Waals surface area (Å²) in [4.78, 5) is 15.0. The van der Waals surface area contributed by atoms with E-state index >= 15 is 0 Å². The van der Waals surface area contributed by atoms with E-state index in [2.05, 4.69) is 15.6 Å². The van der Waals surface area contributed by atoms with E-state index < -0.39 is 0 Å². The van der Waals surface area contributed by atoms with Crippen molar-refractivity contribution >= 4 is 11.6 Å². The molecular weight excluding hydrogens is 280 g/mol. The summed E-state index contributed by atoms with van der Waals surface area (Å²) in [6.07, 6.45) is 6.21. The second-order valence-corrected chi connectivity index (χ2v) is 5.60. The molecule has 0 unspecified atom stereocenters. The van der Waals surface area contributed by atoms with Gasteiger partial charge in [-0.15, -0.1) is 0 Å². The molecule has 0 saturated heterocycles. The van der Waals surface area contributed by atoms with Crippen molar-refractivity contribution in [2.45, 2.75) is 51.6 Å². The van der Waals surface area contributed by atoms with Crippen molar-refractivity contribution < 1.29 is 4.92 Å². The van der Waals surface area contributed by atoms with Crippen molar-refractivity contribution in [3.05, 3.63) is 39.9 Å². The van der Waals surface area contributed by atoms with Gasteiger partial charge in [-0.25, -0.2) is 4.99 Å². The van der Waals surface area contributed by atoms with E-state index in [0.29, 0.717) is 12.6 Å². The highest BCUT2D eigenvalue weighted by molar-refractivity contribution is 5.80. The van der Waals surface area contributed by atoms with Crippen LogP contribution in [0.4, 0.5) is 5.69 Å². The first kappa shape index (κ1) is 16.3. The summed E-state index contributed by atoms with van der Waals surface area (Å²) in [7, 11) is 0. The van der Waals surface area contributed by atoms with Gasteiger partial charge in [0.15, 0.2) is 5.96 Å². The van der Waals surface area contributed by atoms with Crippen molar-refractivity contribution in [2.75, 3.05) is 6.54 Å². The van der Waals surface area contributed by atoms with Gasteiger partial charge in [-0.3, -0.25) is 10.1 Å². The molecule has 0 heterocycles. The molecule has 2 rings (SSSR count). The Morgan fingerprint density at radius 3 is 2.82 bits per heavy atom. The maximum Gasteiger partial charge on any atom is 0.269 e. The first-order valence-corrected chi connectivity index (χ1v) is 7.97. The summed E-state index contributed by atoms with van der Waals surface area (Å²) < 4.78 is 0. The summed E-state index contributed by atoms with van der Waals surface area (Å²) >= 11 is 0. The molecule has 1 saturated carbocycles. The molecule has 0 spiro atoms. The van der Waals surface area contributed by atoms with Gasteiger partial charge in [-0.2, -0.15) is 0 Å². The average Bonchev–Trinajstić information content (AvgIpc) is 2.54. The fraction of sp³-hybridized carbons (Fsp3) is 0.562. The number of nitro groups is 1. The van der Waals surface area contributed by atoms with Gasteiger partial charge in [0.1, 0.15) is 0 Å². The van der Waals surface area contributed by atoms with Gasteiger partial charge in [0.2, 0.25) is 0 Å². The molecule has 22 heavy (non-hydrogen) atoms. The third kappa shape index (κ3) is 5.02. The van der Waals surface area contributed by atoms with Crippen LogP contribution in [0, 0.1) is 10.1 Å². The maximum atomic E-state index is 10.8. The topological polar surface area (TPSA) is 79.6 Å². The Balaban J connectivity index is 1.99. The third-order valence-electron chi connectivity index (χ3n) is 3.83. The number of hydrogen-bond donors (Lipinski definition) is 2. The largest absolute Gasteiger partial charge is 0.357 e. The standard InChI is InChI=1S/C16H24N4O2/c1-2-17-16(19-14-8-4-3-5-9-14)18-12-13-7-6-10-15(11-13)20(21)22/h6-7,10-11,14H,2-5,8-9,12H2,1H3,(H2,17,18,19). The van der Waals surface area contributed by atoms with Crippen molar-refractivity contribution in [3.63, 3.8) is 0 Å². The number of non-ortho nitro benzene ring substituents is 1. The summed E-state index contributed by atoms with van der Waals surface area (Å²) in [5.74, 6) is 0.793. The smallest absolute Gasteiger partial charge is 0.269 e. The number of hydrogen-bond acceptors (Lipinski definition) is 3. The quantitative estimate of drug-likeness (QED) is 0.379. The van der Waals surface area contributed by atoms with Crippen molar-refractivity contribution in [1.29, 1.82) is 0 Å². The van der Waals surface area contributed by atoms with Crippen LogP contribution < -0.4 is 10.6 Å². The van der Waals surface area contributed by atoms with Gasteiger partial charge in [0.25, 0.3) is 5.69 Å². The molecule has 1 aromatic rings. The molecule has 6 heteroatoms. The second kappa shape index (κ2) is 8.36. The molecule has 0 atom stereocenters. The highest BCUT2D eigenvalue weighted by Gasteiger charge is 2.14. The molecule has 1 aliphatic carbocycles. The number of nitrogens with one attached hydrogen (secondary N) is 2. The molecular formula is C16H24N4O2. The Morgan fingerprint density at radius 1 is 1.36 bits per heavy atom. The van der Waals surface area contributed by atoms with Gasteiger partial charge in [-0.05, 0) is 25.3 Å². The van der Waals surface area contributed by atoms with E-state index in [1.54, 1.807) is 12.1 Å². The SMILES string of the molecule is CCNC(=NCc1cccc([N+](=O)[O-])c1)NC1CCCCC1. The van der Waals surface area contributed by atoms with E-state index in [0.717, 1.165) is 18.1 Å². The number of benzene rings is 1. The first-order valence-electron chi connectivity index (χ1n) is 7.97. The number of aliphatic imine (C=N–C) groups is 1. The highest BCUT2D eigenvalue weighted by Crippen LogP contribution is 2.17.